The average molecular weight is 527 g/mol. The molecule has 2 N–H and O–H groups in total. The largest absolute Gasteiger partial charge is 0.352 e. The van der Waals surface area contributed by atoms with E-state index >= 15 is 0 Å². The van der Waals surface area contributed by atoms with Crippen molar-refractivity contribution in [2.24, 2.45) is 4.99 Å². The highest BCUT2D eigenvalue weighted by Gasteiger charge is 2.07. The highest BCUT2D eigenvalue weighted by Crippen LogP contribution is 2.17. The van der Waals surface area contributed by atoms with E-state index < -0.39 is 0 Å². The average Bonchev–Trinajstić information content (AvgIpc) is 2.98. The molecule has 24 heavy (non-hydrogen) atoms. The molecule has 1 aromatic heterocycles. The number of rotatable bonds is 5. The Hall–Kier alpha value is -0.740. The van der Waals surface area contributed by atoms with Gasteiger partial charge in [0, 0.05) is 29.0 Å². The molecule has 0 saturated carbocycles. The number of hydrogen-bond donors (Lipinski definition) is 2. The second-order valence-corrected chi connectivity index (χ2v) is 7.19. The van der Waals surface area contributed by atoms with Crippen LogP contribution in [0, 0.1) is 5.82 Å². The summed E-state index contributed by atoms with van der Waals surface area (Å²) in [5.74, 6) is 0.801. The van der Waals surface area contributed by atoms with Crippen LogP contribution in [0.2, 0.25) is 0 Å². The molecular formula is C16H21BrFIN4S. The second kappa shape index (κ2) is 10.3. The molecule has 8 heteroatoms. The van der Waals surface area contributed by atoms with Gasteiger partial charge in [0.1, 0.15) is 10.8 Å². The van der Waals surface area contributed by atoms with Crippen molar-refractivity contribution in [3.63, 3.8) is 0 Å². The first-order chi connectivity index (χ1) is 11.0. The monoisotopic (exact) mass is 526 g/mol. The summed E-state index contributed by atoms with van der Waals surface area (Å²) in [6, 6.07) is 5.02. The third-order valence-corrected chi connectivity index (χ3v) is 4.61. The maximum atomic E-state index is 13.8. The van der Waals surface area contributed by atoms with Gasteiger partial charge >= 0.3 is 0 Å². The van der Waals surface area contributed by atoms with E-state index in [2.05, 4.69) is 55.8 Å². The van der Waals surface area contributed by atoms with E-state index in [0.717, 1.165) is 15.2 Å². The van der Waals surface area contributed by atoms with Crippen LogP contribution in [0.25, 0.3) is 0 Å². The Morgan fingerprint density at radius 1 is 1.33 bits per heavy atom. The number of thiazole rings is 1. The Morgan fingerprint density at radius 3 is 2.62 bits per heavy atom. The molecular weight excluding hydrogens is 506 g/mol. The zero-order chi connectivity index (χ0) is 16.8. The van der Waals surface area contributed by atoms with Crippen LogP contribution in [-0.4, -0.2) is 18.0 Å². The molecule has 2 aromatic rings. The quantitative estimate of drug-likeness (QED) is 0.338. The van der Waals surface area contributed by atoms with E-state index in [4.69, 9.17) is 0 Å². The van der Waals surface area contributed by atoms with Gasteiger partial charge in [-0.05, 0) is 18.1 Å². The van der Waals surface area contributed by atoms with Crippen molar-refractivity contribution in [2.75, 3.05) is 7.05 Å². The van der Waals surface area contributed by atoms with E-state index in [9.17, 15) is 4.39 Å². The van der Waals surface area contributed by atoms with Crippen LogP contribution in [0.3, 0.4) is 0 Å². The summed E-state index contributed by atoms with van der Waals surface area (Å²) in [5, 5.41) is 9.38. The van der Waals surface area contributed by atoms with Gasteiger partial charge in [0.2, 0.25) is 0 Å². The van der Waals surface area contributed by atoms with Crippen LogP contribution in [0.1, 0.15) is 36.0 Å². The van der Waals surface area contributed by atoms with E-state index in [1.807, 2.05) is 6.07 Å². The van der Waals surface area contributed by atoms with Crippen LogP contribution in [0.15, 0.2) is 33.0 Å². The minimum Gasteiger partial charge on any atom is -0.352 e. The lowest BCUT2D eigenvalue weighted by Crippen LogP contribution is -2.36. The lowest BCUT2D eigenvalue weighted by Gasteiger charge is -2.11. The minimum absolute atomic E-state index is 0. The number of nitrogens with one attached hydrogen (secondary N) is 2. The molecule has 0 atom stereocenters. The summed E-state index contributed by atoms with van der Waals surface area (Å²) in [7, 11) is 1.69. The van der Waals surface area contributed by atoms with Crippen molar-refractivity contribution in [2.45, 2.75) is 32.9 Å². The number of guanidine groups is 1. The molecule has 0 fully saturated rings. The number of benzene rings is 1. The van der Waals surface area contributed by atoms with Crippen molar-refractivity contribution >= 4 is 57.2 Å². The van der Waals surface area contributed by atoms with Gasteiger partial charge < -0.3 is 10.6 Å². The first-order valence-corrected chi connectivity index (χ1v) is 8.99. The highest BCUT2D eigenvalue weighted by atomic mass is 127. The van der Waals surface area contributed by atoms with Gasteiger partial charge in [-0.1, -0.05) is 35.8 Å². The predicted octanol–water partition coefficient (Wildman–Crippen LogP) is 4.65. The Balaban J connectivity index is 0.00000288. The van der Waals surface area contributed by atoms with Crippen molar-refractivity contribution < 1.29 is 4.39 Å². The van der Waals surface area contributed by atoms with Gasteiger partial charge in [-0.3, -0.25) is 4.99 Å². The maximum Gasteiger partial charge on any atom is 0.191 e. The van der Waals surface area contributed by atoms with Gasteiger partial charge in [-0.2, -0.15) is 0 Å². The van der Waals surface area contributed by atoms with Crippen molar-refractivity contribution in [1.82, 2.24) is 15.6 Å². The number of hydrogen-bond acceptors (Lipinski definition) is 3. The highest BCUT2D eigenvalue weighted by molar-refractivity contribution is 14.0. The molecule has 0 saturated heterocycles. The maximum absolute atomic E-state index is 13.8. The molecule has 0 aliphatic rings. The normalized spacial score (nSPS) is 11.3. The summed E-state index contributed by atoms with van der Waals surface area (Å²) in [6.45, 7) is 5.22. The summed E-state index contributed by atoms with van der Waals surface area (Å²) < 4.78 is 14.5. The fraction of sp³-hybridized carbons (Fsp3) is 0.375. The predicted molar refractivity (Wildman–Crippen MR) is 113 cm³/mol. The van der Waals surface area contributed by atoms with Crippen LogP contribution in [-0.2, 0) is 13.1 Å². The van der Waals surface area contributed by atoms with Crippen LogP contribution >= 0.6 is 51.2 Å². The van der Waals surface area contributed by atoms with Gasteiger partial charge in [0.15, 0.2) is 5.96 Å². The minimum atomic E-state index is -0.246. The van der Waals surface area contributed by atoms with Crippen LogP contribution < -0.4 is 10.6 Å². The summed E-state index contributed by atoms with van der Waals surface area (Å²) in [6.07, 6.45) is 0. The van der Waals surface area contributed by atoms with E-state index in [1.54, 1.807) is 24.5 Å². The molecule has 0 spiro atoms. The fourth-order valence-corrected chi connectivity index (χ4v) is 3.12. The molecule has 0 radical (unpaired) electrons. The zero-order valence-corrected chi connectivity index (χ0v) is 18.5. The second-order valence-electron chi connectivity index (χ2n) is 5.34. The number of nitrogens with zero attached hydrogens (tertiary/aromatic N) is 2. The number of halogens is 3. The molecule has 132 valence electrons. The topological polar surface area (TPSA) is 49.3 Å². The lowest BCUT2D eigenvalue weighted by molar-refractivity contribution is 0.603. The first-order valence-electron chi connectivity index (χ1n) is 7.32. The Morgan fingerprint density at radius 2 is 2.04 bits per heavy atom. The Labute approximate surface area is 171 Å². The van der Waals surface area contributed by atoms with E-state index in [0.29, 0.717) is 30.5 Å². The Bertz CT molecular complexity index is 690. The van der Waals surface area contributed by atoms with E-state index in [-0.39, 0.29) is 29.8 Å². The standard InChI is InChI=1S/C16H20BrFN4S.HI/c1-10(2)14-9-23-15(22-14)8-21-16(19-3)20-7-11-4-5-12(17)6-13(11)18;/h4-6,9-10H,7-8H2,1-3H3,(H2,19,20,21);1H. The SMILES string of the molecule is CN=C(NCc1nc(C(C)C)cs1)NCc1ccc(Br)cc1F.I. The molecule has 0 aliphatic heterocycles. The molecule has 2 rings (SSSR count). The van der Waals surface area contributed by atoms with Gasteiger partial charge in [0.05, 0.1) is 12.2 Å². The van der Waals surface area contributed by atoms with E-state index in [1.165, 1.54) is 6.07 Å². The zero-order valence-electron chi connectivity index (χ0n) is 13.8. The summed E-state index contributed by atoms with van der Waals surface area (Å²) in [4.78, 5) is 8.71. The molecule has 0 amide bonds. The molecule has 1 heterocycles. The molecule has 4 nitrogen and oxygen atoms in total. The smallest absolute Gasteiger partial charge is 0.191 e. The number of aliphatic imine (C=N–C) groups is 1. The fourth-order valence-electron chi connectivity index (χ4n) is 1.90. The Kier molecular flexibility index (Phi) is 9.14. The van der Waals surface area contributed by atoms with Crippen molar-refractivity contribution in [3.05, 3.63) is 50.1 Å². The molecule has 1 aromatic carbocycles. The van der Waals surface area contributed by atoms with Crippen molar-refractivity contribution in [1.29, 1.82) is 0 Å². The third kappa shape index (κ3) is 6.29. The molecule has 0 unspecified atom stereocenters. The first kappa shape index (κ1) is 21.3. The summed E-state index contributed by atoms with van der Waals surface area (Å²) >= 11 is 4.88. The summed E-state index contributed by atoms with van der Waals surface area (Å²) in [5.41, 5.74) is 1.69. The molecule has 0 aliphatic carbocycles. The lowest BCUT2D eigenvalue weighted by atomic mass is 10.2. The third-order valence-electron chi connectivity index (χ3n) is 3.25. The van der Waals surface area contributed by atoms with Crippen molar-refractivity contribution in [3.8, 4) is 0 Å². The van der Waals surface area contributed by atoms with Gasteiger partial charge in [-0.25, -0.2) is 9.37 Å². The van der Waals surface area contributed by atoms with Gasteiger partial charge in [-0.15, -0.1) is 35.3 Å². The van der Waals surface area contributed by atoms with Gasteiger partial charge in [0.25, 0.3) is 0 Å². The van der Waals surface area contributed by atoms with Crippen LogP contribution in [0.4, 0.5) is 4.39 Å². The van der Waals surface area contributed by atoms with Crippen LogP contribution in [0.5, 0.6) is 0 Å². The number of aromatic nitrogens is 1. The molecule has 0 bridgehead atoms.